The number of hydrogen-bond acceptors (Lipinski definition) is 3. The summed E-state index contributed by atoms with van der Waals surface area (Å²) in [4.78, 5) is 9.51. The highest BCUT2D eigenvalue weighted by atomic mass is 33.1. The third kappa shape index (κ3) is 4.37. The van der Waals surface area contributed by atoms with Crippen LogP contribution in [0.1, 0.15) is 6.92 Å². The molecule has 0 amide bonds. The molecular formula is C3H6OS2. The smallest absolute Gasteiger partial charge is 0.186 e. The number of carbonyl (C=O) groups excluding carboxylic acids is 1. The third-order valence-electron chi connectivity index (χ3n) is 0.225. The van der Waals surface area contributed by atoms with Crippen LogP contribution >= 0.6 is 21.6 Å². The molecule has 0 unspecified atom stereocenters. The van der Waals surface area contributed by atoms with Crippen LogP contribution in [0, 0.1) is 0 Å². The fraction of sp³-hybridized carbons (Fsp3) is 0.667. The Morgan fingerprint density at radius 1 is 1.83 bits per heavy atom. The van der Waals surface area contributed by atoms with E-state index in [0.29, 0.717) is 0 Å². The molecule has 0 radical (unpaired) electrons. The van der Waals surface area contributed by atoms with E-state index >= 15 is 0 Å². The van der Waals surface area contributed by atoms with Gasteiger partial charge < -0.3 is 0 Å². The summed E-state index contributed by atoms with van der Waals surface area (Å²) in [6.45, 7) is 2.02. The third-order valence-corrected chi connectivity index (χ3v) is 2.03. The van der Waals surface area contributed by atoms with Crippen molar-refractivity contribution in [3.8, 4) is 0 Å². The molecular weight excluding hydrogens is 116 g/mol. The number of rotatable bonds is 3. The molecule has 0 fully saturated rings. The molecule has 0 aliphatic heterocycles. The Labute approximate surface area is 45.3 Å². The SMILES string of the molecule is CCSSC=O. The van der Waals surface area contributed by atoms with Crippen LogP contribution in [0.5, 0.6) is 0 Å². The lowest BCUT2D eigenvalue weighted by Gasteiger charge is -1.78. The zero-order valence-corrected chi connectivity index (χ0v) is 5.14. The fourth-order valence-electron chi connectivity index (χ4n) is 0.0958. The average Bonchev–Trinajstić information content (AvgIpc) is 1.61. The van der Waals surface area contributed by atoms with E-state index in [1.165, 1.54) is 10.8 Å². The summed E-state index contributed by atoms with van der Waals surface area (Å²) in [5.74, 6) is 1.00. The van der Waals surface area contributed by atoms with Gasteiger partial charge in [0.15, 0.2) is 5.62 Å². The van der Waals surface area contributed by atoms with Crippen molar-refractivity contribution >= 4 is 27.2 Å². The second-order valence-electron chi connectivity index (χ2n) is 0.599. The predicted octanol–water partition coefficient (Wildman–Crippen LogP) is 1.58. The molecule has 0 aliphatic carbocycles. The van der Waals surface area contributed by atoms with Crippen molar-refractivity contribution < 1.29 is 4.79 Å². The van der Waals surface area contributed by atoms with Gasteiger partial charge in [-0.2, -0.15) is 0 Å². The largest absolute Gasteiger partial charge is 0.290 e. The van der Waals surface area contributed by atoms with E-state index in [9.17, 15) is 4.79 Å². The minimum Gasteiger partial charge on any atom is -0.290 e. The fourth-order valence-corrected chi connectivity index (χ4v) is 0.862. The molecule has 0 aromatic heterocycles. The van der Waals surface area contributed by atoms with Crippen molar-refractivity contribution in [3.63, 3.8) is 0 Å². The van der Waals surface area contributed by atoms with Gasteiger partial charge in [0.25, 0.3) is 0 Å². The van der Waals surface area contributed by atoms with Crippen molar-refractivity contribution in [2.45, 2.75) is 6.92 Å². The summed E-state index contributed by atoms with van der Waals surface area (Å²) in [6, 6.07) is 0. The highest BCUT2D eigenvalue weighted by molar-refractivity contribution is 8.81. The Morgan fingerprint density at radius 2 is 2.50 bits per heavy atom. The van der Waals surface area contributed by atoms with Gasteiger partial charge in [-0.25, -0.2) is 0 Å². The second kappa shape index (κ2) is 5.37. The van der Waals surface area contributed by atoms with Crippen molar-refractivity contribution in [2.75, 3.05) is 5.75 Å². The molecule has 0 N–H and O–H groups in total. The molecule has 0 aromatic carbocycles. The van der Waals surface area contributed by atoms with Crippen LogP contribution in [0.3, 0.4) is 0 Å². The zero-order chi connectivity index (χ0) is 4.83. The Hall–Kier alpha value is 0.370. The molecule has 3 heteroatoms. The maximum absolute atomic E-state index is 9.51. The molecule has 0 spiro atoms. The highest BCUT2D eigenvalue weighted by Crippen LogP contribution is 2.15. The Morgan fingerprint density at radius 3 is 2.67 bits per heavy atom. The number of carbonyl (C=O) groups is 1. The first-order chi connectivity index (χ1) is 2.91. The first-order valence-corrected chi connectivity index (χ1v) is 4.02. The van der Waals surface area contributed by atoms with Crippen LogP contribution in [0.25, 0.3) is 0 Å². The predicted molar refractivity (Wildman–Crippen MR) is 32.5 cm³/mol. The van der Waals surface area contributed by atoms with Gasteiger partial charge >= 0.3 is 0 Å². The quantitative estimate of drug-likeness (QED) is 0.321. The highest BCUT2D eigenvalue weighted by Gasteiger charge is 1.75. The number of hydrogen-bond donors (Lipinski definition) is 0. The Kier molecular flexibility index (Phi) is 5.70. The summed E-state index contributed by atoms with van der Waals surface area (Å²) in [6.07, 6.45) is 0. The normalized spacial score (nSPS) is 8.17. The molecule has 0 bridgehead atoms. The van der Waals surface area contributed by atoms with Gasteiger partial charge in [0.05, 0.1) is 0 Å². The maximum atomic E-state index is 9.51. The lowest BCUT2D eigenvalue weighted by Crippen LogP contribution is -1.55. The lowest BCUT2D eigenvalue weighted by molar-refractivity contribution is 0.570. The molecule has 0 aromatic rings. The van der Waals surface area contributed by atoms with Crippen LogP contribution in [0.15, 0.2) is 0 Å². The van der Waals surface area contributed by atoms with Gasteiger partial charge in [0.2, 0.25) is 0 Å². The van der Waals surface area contributed by atoms with Crippen molar-refractivity contribution in [1.82, 2.24) is 0 Å². The molecule has 0 aliphatic rings. The minimum atomic E-state index is 0.841. The molecule has 0 rings (SSSR count). The molecule has 0 atom stereocenters. The summed E-state index contributed by atoms with van der Waals surface area (Å²) in [5, 5.41) is 0. The van der Waals surface area contributed by atoms with E-state index in [2.05, 4.69) is 0 Å². The summed E-state index contributed by atoms with van der Waals surface area (Å²) < 4.78 is 0. The van der Waals surface area contributed by atoms with Gasteiger partial charge in [0, 0.05) is 5.75 Å². The standard InChI is InChI=1S/C3H6OS2/c1-2-5-6-3-4/h3H,2H2,1H3. The lowest BCUT2D eigenvalue weighted by atomic mass is 11.0. The van der Waals surface area contributed by atoms with Crippen molar-refractivity contribution in [3.05, 3.63) is 0 Å². The monoisotopic (exact) mass is 122 g/mol. The van der Waals surface area contributed by atoms with Crippen molar-refractivity contribution in [2.24, 2.45) is 0 Å². The summed E-state index contributed by atoms with van der Waals surface area (Å²) in [5.41, 5.74) is 0.841. The van der Waals surface area contributed by atoms with E-state index in [1.807, 2.05) is 6.92 Å². The van der Waals surface area contributed by atoms with Crippen molar-refractivity contribution in [1.29, 1.82) is 0 Å². The van der Waals surface area contributed by atoms with Gasteiger partial charge in [-0.3, -0.25) is 4.79 Å². The average molecular weight is 122 g/mol. The second-order valence-corrected chi connectivity index (χ2v) is 3.08. The van der Waals surface area contributed by atoms with Gasteiger partial charge in [-0.1, -0.05) is 17.7 Å². The first-order valence-electron chi connectivity index (χ1n) is 1.63. The first kappa shape index (κ1) is 6.37. The maximum Gasteiger partial charge on any atom is 0.186 e. The molecule has 0 saturated heterocycles. The molecule has 0 saturated carbocycles. The van der Waals surface area contributed by atoms with Crippen LogP contribution in [-0.2, 0) is 4.79 Å². The van der Waals surface area contributed by atoms with Gasteiger partial charge in [-0.15, -0.1) is 0 Å². The van der Waals surface area contributed by atoms with Crippen LogP contribution in [-0.4, -0.2) is 11.4 Å². The minimum absolute atomic E-state index is 0.841. The zero-order valence-electron chi connectivity index (χ0n) is 3.51. The van der Waals surface area contributed by atoms with Crippen LogP contribution in [0.4, 0.5) is 0 Å². The van der Waals surface area contributed by atoms with E-state index in [1.54, 1.807) is 10.8 Å². The molecule has 6 heavy (non-hydrogen) atoms. The van der Waals surface area contributed by atoms with E-state index in [4.69, 9.17) is 0 Å². The summed E-state index contributed by atoms with van der Waals surface area (Å²) in [7, 11) is 2.80. The van der Waals surface area contributed by atoms with Gasteiger partial charge in [0.1, 0.15) is 0 Å². The summed E-state index contributed by atoms with van der Waals surface area (Å²) >= 11 is 0. The molecule has 36 valence electrons. The van der Waals surface area contributed by atoms with Crippen LogP contribution < -0.4 is 0 Å². The Balaban J connectivity index is 2.49. The van der Waals surface area contributed by atoms with E-state index < -0.39 is 0 Å². The van der Waals surface area contributed by atoms with E-state index in [-0.39, 0.29) is 0 Å². The molecule has 0 heterocycles. The Bertz CT molecular complexity index is 37.8. The van der Waals surface area contributed by atoms with Gasteiger partial charge in [-0.05, 0) is 10.8 Å². The molecule has 1 nitrogen and oxygen atoms in total. The topological polar surface area (TPSA) is 17.1 Å². The van der Waals surface area contributed by atoms with E-state index in [0.717, 1.165) is 11.4 Å². The van der Waals surface area contributed by atoms with Crippen LogP contribution in [0.2, 0.25) is 0 Å².